The number of hydrogen-bond acceptors (Lipinski definition) is 4. The zero-order valence-electron chi connectivity index (χ0n) is 13.7. The number of ketones is 1. The Hall–Kier alpha value is -2.89. The van der Waals surface area contributed by atoms with Crippen molar-refractivity contribution in [3.8, 4) is 11.1 Å². The third kappa shape index (κ3) is 3.05. The van der Waals surface area contributed by atoms with Gasteiger partial charge in [0, 0.05) is 27.7 Å². The number of nitrogens with two attached hydrogens (primary N) is 1. The number of furan rings is 1. The van der Waals surface area contributed by atoms with Gasteiger partial charge in [-0.05, 0) is 48.0 Å². The molecule has 0 radical (unpaired) electrons. The molecule has 0 aliphatic heterocycles. The van der Waals surface area contributed by atoms with Crippen molar-refractivity contribution in [2.24, 2.45) is 0 Å². The van der Waals surface area contributed by atoms with Crippen molar-refractivity contribution < 1.29 is 13.6 Å². The number of fused-ring (bicyclic) bond motifs is 1. The smallest absolute Gasteiger partial charge is 0.231 e. The summed E-state index contributed by atoms with van der Waals surface area (Å²) in [6, 6.07) is 12.8. The first-order valence-corrected chi connectivity index (χ1v) is 8.64. The molecule has 0 bridgehead atoms. The van der Waals surface area contributed by atoms with Crippen LogP contribution in [0.15, 0.2) is 59.1 Å². The van der Waals surface area contributed by atoms with Crippen LogP contribution in [0.5, 0.6) is 0 Å². The summed E-state index contributed by atoms with van der Waals surface area (Å²) in [7, 11) is 0. The van der Waals surface area contributed by atoms with Gasteiger partial charge in [-0.1, -0.05) is 29.3 Å². The van der Waals surface area contributed by atoms with Gasteiger partial charge in [0.15, 0.2) is 5.76 Å². The molecule has 2 heterocycles. The third-order valence-corrected chi connectivity index (χ3v) is 4.73. The number of carbonyl (C=O) groups is 1. The van der Waals surface area contributed by atoms with E-state index in [0.29, 0.717) is 27.1 Å². The molecule has 4 aromatic rings. The van der Waals surface area contributed by atoms with E-state index in [-0.39, 0.29) is 22.0 Å². The summed E-state index contributed by atoms with van der Waals surface area (Å²) in [5.41, 5.74) is 7.77. The number of halogens is 3. The van der Waals surface area contributed by atoms with Gasteiger partial charge in [-0.25, -0.2) is 4.98 Å². The molecule has 0 aliphatic rings. The third-order valence-electron chi connectivity index (χ3n) is 4.18. The number of anilines is 1. The molecule has 4 nitrogen and oxygen atoms in total. The van der Waals surface area contributed by atoms with E-state index in [9.17, 15) is 9.18 Å². The molecule has 134 valence electrons. The van der Waals surface area contributed by atoms with E-state index in [2.05, 4.69) is 4.98 Å². The molecule has 4 rings (SSSR count). The monoisotopic (exact) mass is 400 g/mol. The minimum atomic E-state index is -0.597. The molecule has 0 saturated heterocycles. The van der Waals surface area contributed by atoms with E-state index in [4.69, 9.17) is 33.4 Å². The number of pyridine rings is 1. The Kier molecular flexibility index (Phi) is 4.34. The minimum Gasteiger partial charge on any atom is -0.450 e. The number of nitrogens with zero attached hydrogens (tertiary/aromatic N) is 1. The fourth-order valence-electron chi connectivity index (χ4n) is 2.85. The average Bonchev–Trinajstić information content (AvgIpc) is 2.98. The fraction of sp³-hybridized carbons (Fsp3) is 0. The predicted octanol–water partition coefficient (Wildman–Crippen LogP) is 5.75. The van der Waals surface area contributed by atoms with Gasteiger partial charge >= 0.3 is 0 Å². The number of nitrogen functional groups attached to an aromatic ring is 1. The Balaban J connectivity index is 1.82. The Labute approximate surface area is 163 Å². The highest BCUT2D eigenvalue weighted by molar-refractivity contribution is 6.37. The number of rotatable bonds is 3. The van der Waals surface area contributed by atoms with Crippen LogP contribution >= 0.6 is 23.2 Å². The number of hydrogen-bond donors (Lipinski definition) is 1. The van der Waals surface area contributed by atoms with Crippen LogP contribution in [-0.2, 0) is 0 Å². The van der Waals surface area contributed by atoms with Crippen LogP contribution in [0, 0.1) is 5.95 Å². The molecular formula is C20H11Cl2FN2O2. The summed E-state index contributed by atoms with van der Waals surface area (Å²) >= 11 is 12.0. The van der Waals surface area contributed by atoms with Gasteiger partial charge in [0.05, 0.1) is 10.7 Å². The number of carbonyl (C=O) groups excluding carboxylic acids is 1. The van der Waals surface area contributed by atoms with Crippen molar-refractivity contribution in [2.45, 2.75) is 0 Å². The minimum absolute atomic E-state index is 0.0296. The van der Waals surface area contributed by atoms with Crippen LogP contribution in [0.4, 0.5) is 10.1 Å². The number of benzene rings is 2. The van der Waals surface area contributed by atoms with Crippen LogP contribution in [0.1, 0.15) is 16.1 Å². The Morgan fingerprint density at radius 2 is 1.93 bits per heavy atom. The molecule has 27 heavy (non-hydrogen) atoms. The van der Waals surface area contributed by atoms with E-state index in [1.54, 1.807) is 36.4 Å². The Morgan fingerprint density at radius 3 is 2.67 bits per heavy atom. The highest BCUT2D eigenvalue weighted by Crippen LogP contribution is 2.34. The second-order valence-corrected chi connectivity index (χ2v) is 6.69. The molecule has 0 atom stereocenters. The first kappa shape index (κ1) is 17.5. The van der Waals surface area contributed by atoms with Crippen LogP contribution in [0.2, 0.25) is 10.0 Å². The van der Waals surface area contributed by atoms with Crippen molar-refractivity contribution in [1.82, 2.24) is 4.98 Å². The highest BCUT2D eigenvalue weighted by atomic mass is 35.5. The second kappa shape index (κ2) is 6.68. The van der Waals surface area contributed by atoms with Crippen molar-refractivity contribution >= 4 is 45.6 Å². The summed E-state index contributed by atoms with van der Waals surface area (Å²) < 4.78 is 19.6. The Bertz CT molecular complexity index is 1200. The predicted molar refractivity (Wildman–Crippen MR) is 104 cm³/mol. The quantitative estimate of drug-likeness (QED) is 0.350. The summed E-state index contributed by atoms with van der Waals surface area (Å²) in [6.07, 6.45) is 1.37. The topological polar surface area (TPSA) is 69.1 Å². The lowest BCUT2D eigenvalue weighted by molar-refractivity contribution is 0.101. The van der Waals surface area contributed by atoms with Crippen molar-refractivity contribution in [3.05, 3.63) is 82.0 Å². The molecule has 2 N–H and O–H groups in total. The molecule has 7 heteroatoms. The first-order chi connectivity index (χ1) is 13.0. The maximum Gasteiger partial charge on any atom is 0.231 e. The van der Waals surface area contributed by atoms with Crippen LogP contribution in [0.3, 0.4) is 0 Å². The van der Waals surface area contributed by atoms with Crippen molar-refractivity contribution in [1.29, 1.82) is 0 Å². The van der Waals surface area contributed by atoms with Gasteiger partial charge < -0.3 is 10.2 Å². The van der Waals surface area contributed by atoms with Crippen molar-refractivity contribution in [2.75, 3.05) is 5.73 Å². The van der Waals surface area contributed by atoms with Gasteiger partial charge in [-0.3, -0.25) is 4.79 Å². The van der Waals surface area contributed by atoms with Gasteiger partial charge in [-0.2, -0.15) is 4.39 Å². The van der Waals surface area contributed by atoms with Gasteiger partial charge in [-0.15, -0.1) is 0 Å². The molecule has 0 unspecified atom stereocenters. The lowest BCUT2D eigenvalue weighted by Gasteiger charge is -2.02. The van der Waals surface area contributed by atoms with Crippen LogP contribution in [0.25, 0.3) is 22.1 Å². The lowest BCUT2D eigenvalue weighted by Crippen LogP contribution is -2.03. The highest BCUT2D eigenvalue weighted by Gasteiger charge is 2.22. The molecule has 0 amide bonds. The zero-order valence-corrected chi connectivity index (χ0v) is 15.2. The first-order valence-electron chi connectivity index (χ1n) is 7.88. The molecule has 0 spiro atoms. The van der Waals surface area contributed by atoms with Gasteiger partial charge in [0.2, 0.25) is 11.7 Å². The average molecular weight is 401 g/mol. The molecular weight excluding hydrogens is 390 g/mol. The zero-order chi connectivity index (χ0) is 19.1. The molecule has 0 saturated carbocycles. The number of aromatic nitrogens is 1. The maximum absolute atomic E-state index is 13.9. The van der Waals surface area contributed by atoms with E-state index in [0.717, 1.165) is 0 Å². The van der Waals surface area contributed by atoms with Crippen molar-refractivity contribution in [3.63, 3.8) is 0 Å². The molecule has 2 aromatic heterocycles. The lowest BCUT2D eigenvalue weighted by atomic mass is 10.0. The van der Waals surface area contributed by atoms with E-state index < -0.39 is 11.7 Å². The maximum atomic E-state index is 13.9. The Morgan fingerprint density at radius 1 is 1.11 bits per heavy atom. The standard InChI is InChI=1S/C20H11Cl2FN2O2/c21-11-4-6-13(15(22)9-11)18(26)19-17(24)14-5-3-10(8-16(14)27-19)12-2-1-7-25-20(12)23/h1-9H,24H2. The van der Waals surface area contributed by atoms with E-state index >= 15 is 0 Å². The van der Waals surface area contributed by atoms with Crippen LogP contribution in [-0.4, -0.2) is 10.8 Å². The summed E-state index contributed by atoms with van der Waals surface area (Å²) in [6.45, 7) is 0. The molecule has 0 aliphatic carbocycles. The van der Waals surface area contributed by atoms with Gasteiger partial charge in [0.1, 0.15) is 5.58 Å². The van der Waals surface area contributed by atoms with Crippen LogP contribution < -0.4 is 5.73 Å². The largest absolute Gasteiger partial charge is 0.450 e. The van der Waals surface area contributed by atoms with Gasteiger partial charge in [0.25, 0.3) is 0 Å². The second-order valence-electron chi connectivity index (χ2n) is 5.85. The molecule has 2 aromatic carbocycles. The SMILES string of the molecule is Nc1c(C(=O)c2ccc(Cl)cc2Cl)oc2cc(-c3cccnc3F)ccc12. The summed E-state index contributed by atoms with van der Waals surface area (Å²) in [5.74, 6) is -1.09. The molecule has 0 fully saturated rings. The fourth-order valence-corrected chi connectivity index (χ4v) is 3.34. The summed E-state index contributed by atoms with van der Waals surface area (Å²) in [4.78, 5) is 16.4. The van der Waals surface area contributed by atoms with E-state index in [1.807, 2.05) is 0 Å². The summed E-state index contributed by atoms with van der Waals surface area (Å²) in [5, 5.41) is 1.17. The van der Waals surface area contributed by atoms with E-state index in [1.165, 1.54) is 18.3 Å². The normalized spacial score (nSPS) is 11.1.